The number of esters is 1. The summed E-state index contributed by atoms with van der Waals surface area (Å²) in [5.74, 6) is -5.65. The predicted molar refractivity (Wildman–Crippen MR) is 261 cm³/mol. The van der Waals surface area contributed by atoms with Crippen LogP contribution in [0, 0.1) is 26.7 Å². The maximum Gasteiger partial charge on any atom is 0.328 e. The first-order valence-electron chi connectivity index (χ1n) is 23.7. The third-order valence-corrected chi connectivity index (χ3v) is 13.0. The summed E-state index contributed by atoms with van der Waals surface area (Å²) in [5, 5.41) is 22.4. The molecule has 392 valence electrons. The second-order valence-electron chi connectivity index (χ2n) is 20.4. The van der Waals surface area contributed by atoms with E-state index in [1.807, 2.05) is 19.9 Å². The third-order valence-electron chi connectivity index (χ3n) is 11.4. The quantitative estimate of drug-likeness (QED) is 0.0256. The molecule has 9 N–H and O–H groups in total. The summed E-state index contributed by atoms with van der Waals surface area (Å²) in [6, 6.07) is -4.31. The molecule has 1 aliphatic heterocycles. The van der Waals surface area contributed by atoms with Crippen LogP contribution in [0.3, 0.4) is 0 Å². The molecule has 4 atom stereocenters. The summed E-state index contributed by atoms with van der Waals surface area (Å²) in [6.07, 6.45) is 7.91. The van der Waals surface area contributed by atoms with Gasteiger partial charge in [0, 0.05) is 24.4 Å². The van der Waals surface area contributed by atoms with Crippen molar-refractivity contribution in [2.75, 3.05) is 32.8 Å². The summed E-state index contributed by atoms with van der Waals surface area (Å²) in [6.45, 7) is 17.1. The highest BCUT2D eigenvalue weighted by molar-refractivity contribution is 7.90. The molecule has 4 amide bonds. The van der Waals surface area contributed by atoms with E-state index in [0.29, 0.717) is 41.7 Å². The fraction of sp³-hybridized carbons (Fsp3) is 0.667. The van der Waals surface area contributed by atoms with Crippen LogP contribution in [-0.2, 0) is 59.5 Å². The van der Waals surface area contributed by atoms with Gasteiger partial charge in [0.15, 0.2) is 11.8 Å². The van der Waals surface area contributed by atoms with Crippen LogP contribution in [-0.4, -0.2) is 129 Å². The number of ketones is 1. The molecular weight excluding hydrogens is 929 g/mol. The van der Waals surface area contributed by atoms with Gasteiger partial charge in [-0.3, -0.25) is 39.1 Å². The lowest BCUT2D eigenvalue weighted by Crippen LogP contribution is -2.56. The molecule has 0 saturated carbocycles. The SMILES string of the molecule is Cc1c(C)c(S(=O)(=O)NC(N)=NCCCC(NCC(=O)CNC(=O)C2CCC=CCCC2)C(=O)NCC(=O)NC(CC(=O)OC(C)(C)C)C(=O)NC(COC(C)(C)C)C(=O)O)c(C)c2c1OC(C)(C)C2. The third kappa shape index (κ3) is 19.3. The van der Waals surface area contributed by atoms with Gasteiger partial charge in [-0.15, -0.1) is 0 Å². The van der Waals surface area contributed by atoms with Crippen molar-refractivity contribution in [2.24, 2.45) is 16.6 Å². The van der Waals surface area contributed by atoms with E-state index in [0.717, 1.165) is 24.8 Å². The molecule has 70 heavy (non-hydrogen) atoms. The minimum absolute atomic E-state index is 0.00111. The zero-order valence-electron chi connectivity index (χ0n) is 42.6. The van der Waals surface area contributed by atoms with Crippen molar-refractivity contribution in [2.45, 2.75) is 174 Å². The van der Waals surface area contributed by atoms with Crippen LogP contribution >= 0.6 is 0 Å². The van der Waals surface area contributed by atoms with Crippen molar-refractivity contribution in [1.82, 2.24) is 31.3 Å². The number of amides is 4. The molecule has 21 nitrogen and oxygen atoms in total. The van der Waals surface area contributed by atoms with Crippen LogP contribution in [0.4, 0.5) is 0 Å². The van der Waals surface area contributed by atoms with Crippen molar-refractivity contribution in [3.63, 3.8) is 0 Å². The monoisotopic (exact) mass is 1000 g/mol. The standard InChI is InChI=1S/C48H76N8O13S/c1-28-29(2)40(30(3)33-23-48(10,11)69-39(28)33)70(65,66)56-45(49)50-21-17-20-34(51-24-32(57)25-52-41(60)31-18-15-13-12-14-16-19-31)42(61)53-26-37(58)54-35(22-38(59)68-47(7,8)9)43(62)55-36(44(63)64)27-67-46(4,5)6/h12-13,31,34-36,51H,14-27H2,1-11H3,(H,52,60)(H,53,61)(H,54,58)(H,55,62)(H,63,64)(H3,49,50,56). The molecule has 1 aliphatic carbocycles. The zero-order chi connectivity index (χ0) is 52.8. The van der Waals surface area contributed by atoms with Crippen LogP contribution < -0.4 is 41.8 Å². The Kier molecular flexibility index (Phi) is 21.4. The Morgan fingerprint density at radius 1 is 0.857 bits per heavy atom. The van der Waals surface area contributed by atoms with E-state index in [9.17, 15) is 47.1 Å². The summed E-state index contributed by atoms with van der Waals surface area (Å²) in [5.41, 5.74) is 6.41. The Morgan fingerprint density at radius 3 is 2.17 bits per heavy atom. The number of carboxylic acids is 1. The highest BCUT2D eigenvalue weighted by Crippen LogP contribution is 2.43. The summed E-state index contributed by atoms with van der Waals surface area (Å²) in [7, 11) is -4.20. The number of Topliss-reactive ketones (excluding diaryl/α,β-unsaturated/α-hetero) is 1. The van der Waals surface area contributed by atoms with Crippen molar-refractivity contribution in [3.05, 3.63) is 34.4 Å². The molecule has 2 aliphatic rings. The molecule has 3 rings (SSSR count). The van der Waals surface area contributed by atoms with E-state index >= 15 is 0 Å². The smallest absolute Gasteiger partial charge is 0.328 e. The van der Waals surface area contributed by atoms with E-state index < -0.39 is 106 Å². The molecule has 0 fully saturated rings. The Hall–Kier alpha value is -5.61. The number of benzene rings is 1. The van der Waals surface area contributed by atoms with Gasteiger partial charge in [-0.25, -0.2) is 17.9 Å². The number of carboxylic acid groups (broad SMARTS) is 1. The minimum atomic E-state index is -4.20. The van der Waals surface area contributed by atoms with Gasteiger partial charge in [-0.1, -0.05) is 12.2 Å². The fourth-order valence-electron chi connectivity index (χ4n) is 7.82. The van der Waals surface area contributed by atoms with Gasteiger partial charge >= 0.3 is 11.9 Å². The number of ether oxygens (including phenoxy) is 3. The Labute approximate surface area is 412 Å². The normalized spacial score (nSPS) is 17.3. The Balaban J connectivity index is 1.74. The van der Waals surface area contributed by atoms with Crippen molar-refractivity contribution in [3.8, 4) is 5.75 Å². The molecule has 0 bridgehead atoms. The molecule has 0 saturated heterocycles. The molecule has 1 aromatic carbocycles. The van der Waals surface area contributed by atoms with Crippen LogP contribution in [0.5, 0.6) is 5.75 Å². The number of carbonyl (C=O) groups excluding carboxylic acids is 6. The van der Waals surface area contributed by atoms with Gasteiger partial charge in [0.25, 0.3) is 10.0 Å². The topological polar surface area (TPSA) is 312 Å². The van der Waals surface area contributed by atoms with Crippen molar-refractivity contribution in [1.29, 1.82) is 0 Å². The number of nitrogens with two attached hydrogens (primary N) is 1. The van der Waals surface area contributed by atoms with Crippen LogP contribution in [0.15, 0.2) is 22.0 Å². The van der Waals surface area contributed by atoms with Crippen molar-refractivity contribution >= 4 is 57.3 Å². The first kappa shape index (κ1) is 58.7. The first-order valence-corrected chi connectivity index (χ1v) is 25.2. The number of nitrogens with one attached hydrogen (secondary N) is 6. The number of sulfonamides is 1. The molecule has 1 heterocycles. The van der Waals surface area contributed by atoms with E-state index in [1.54, 1.807) is 62.3 Å². The number of nitrogens with zero attached hydrogens (tertiary/aromatic N) is 1. The van der Waals surface area contributed by atoms with Crippen molar-refractivity contribution < 1.29 is 61.3 Å². The number of allylic oxidation sites excluding steroid dienone is 2. The van der Waals surface area contributed by atoms with Gasteiger partial charge in [0.1, 0.15) is 23.0 Å². The maximum absolute atomic E-state index is 13.7. The van der Waals surface area contributed by atoms with Gasteiger partial charge in [0.2, 0.25) is 29.6 Å². The number of aliphatic carboxylic acids is 1. The zero-order valence-corrected chi connectivity index (χ0v) is 43.5. The largest absolute Gasteiger partial charge is 0.487 e. The molecule has 0 radical (unpaired) electrons. The van der Waals surface area contributed by atoms with E-state index in [4.69, 9.17) is 19.9 Å². The van der Waals surface area contributed by atoms with Gasteiger partial charge < -0.3 is 46.3 Å². The second kappa shape index (κ2) is 25.5. The molecule has 4 unspecified atom stereocenters. The minimum Gasteiger partial charge on any atom is -0.487 e. The summed E-state index contributed by atoms with van der Waals surface area (Å²) in [4.78, 5) is 95.4. The van der Waals surface area contributed by atoms with Gasteiger partial charge in [-0.05, 0) is 138 Å². The highest BCUT2D eigenvalue weighted by atomic mass is 32.2. The number of hydrogen-bond acceptors (Lipinski definition) is 14. The fourth-order valence-corrected chi connectivity index (χ4v) is 9.34. The lowest BCUT2D eigenvalue weighted by atomic mass is 9.93. The number of rotatable bonds is 23. The number of fused-ring (bicyclic) bond motifs is 1. The van der Waals surface area contributed by atoms with Crippen LogP contribution in [0.1, 0.15) is 129 Å². The van der Waals surface area contributed by atoms with Gasteiger partial charge in [-0.2, -0.15) is 0 Å². The first-order chi connectivity index (χ1) is 32.4. The highest BCUT2D eigenvalue weighted by Gasteiger charge is 2.37. The summed E-state index contributed by atoms with van der Waals surface area (Å²) >= 11 is 0. The number of hydrogen-bond donors (Lipinski definition) is 8. The predicted octanol–water partition coefficient (Wildman–Crippen LogP) is 2.20. The average molecular weight is 1010 g/mol. The average Bonchev–Trinajstić information content (AvgIpc) is 3.56. The maximum atomic E-state index is 13.7. The van der Waals surface area contributed by atoms with E-state index in [-0.39, 0.29) is 49.2 Å². The lowest BCUT2D eigenvalue weighted by Gasteiger charge is -2.26. The molecule has 1 aromatic rings. The number of aliphatic imine (C=N–C) groups is 1. The van der Waals surface area contributed by atoms with Gasteiger partial charge in [0.05, 0.1) is 49.2 Å². The summed E-state index contributed by atoms with van der Waals surface area (Å²) < 4.78 is 46.8. The molecule has 22 heteroatoms. The molecule has 0 aromatic heterocycles. The van der Waals surface area contributed by atoms with E-state index in [1.165, 1.54) is 0 Å². The van der Waals surface area contributed by atoms with Crippen LogP contribution in [0.2, 0.25) is 0 Å². The Morgan fingerprint density at radius 2 is 1.53 bits per heavy atom. The Bertz CT molecular complexity index is 2260. The number of guanidine groups is 1. The number of carbonyl (C=O) groups is 7. The molecular formula is C48H76N8O13S. The molecule has 0 spiro atoms. The van der Waals surface area contributed by atoms with E-state index in [2.05, 4.69) is 42.4 Å². The van der Waals surface area contributed by atoms with Crippen LogP contribution in [0.25, 0.3) is 0 Å². The second-order valence-corrected chi connectivity index (χ2v) is 22.0. The lowest BCUT2D eigenvalue weighted by molar-refractivity contribution is -0.156.